The van der Waals surface area contributed by atoms with E-state index >= 15 is 0 Å². The Morgan fingerprint density at radius 1 is 1.25 bits per heavy atom. The fourth-order valence-electron chi connectivity index (χ4n) is 2.79. The highest BCUT2D eigenvalue weighted by Crippen LogP contribution is 2.24. The average molecular weight is 382 g/mol. The Morgan fingerprint density at radius 3 is 2.68 bits per heavy atom. The van der Waals surface area contributed by atoms with E-state index in [2.05, 4.69) is 34.3 Å². The highest BCUT2D eigenvalue weighted by molar-refractivity contribution is 5.74. The summed E-state index contributed by atoms with van der Waals surface area (Å²) in [5.74, 6) is 1.49. The van der Waals surface area contributed by atoms with Gasteiger partial charge < -0.3 is 15.0 Å². The molecule has 1 fully saturated rings. The van der Waals surface area contributed by atoms with Crippen molar-refractivity contribution in [2.45, 2.75) is 34.1 Å². The zero-order valence-electron chi connectivity index (χ0n) is 17.4. The first kappa shape index (κ1) is 21.6. The Bertz CT molecular complexity index is 768. The minimum absolute atomic E-state index is 0.700. The zero-order valence-corrected chi connectivity index (χ0v) is 17.4. The first-order valence-corrected chi connectivity index (χ1v) is 10.0. The Hall–Kier alpha value is -2.73. The molecule has 0 radical (unpaired) electrons. The van der Waals surface area contributed by atoms with Crippen LogP contribution in [0.15, 0.2) is 48.8 Å². The highest BCUT2D eigenvalue weighted by Gasteiger charge is 2.16. The Balaban J connectivity index is 0.00000136. The van der Waals surface area contributed by atoms with Crippen molar-refractivity contribution in [3.05, 3.63) is 54.5 Å². The lowest BCUT2D eigenvalue weighted by molar-refractivity contribution is 0.122. The van der Waals surface area contributed by atoms with Gasteiger partial charge in [0.2, 0.25) is 5.95 Å². The van der Waals surface area contributed by atoms with Gasteiger partial charge in [0.15, 0.2) is 0 Å². The van der Waals surface area contributed by atoms with Crippen LogP contribution in [0.3, 0.4) is 0 Å². The molecular formula is C22H31N5O. The van der Waals surface area contributed by atoms with Gasteiger partial charge in [0, 0.05) is 25.4 Å². The Morgan fingerprint density at radius 2 is 2.04 bits per heavy atom. The summed E-state index contributed by atoms with van der Waals surface area (Å²) in [5, 5.41) is 3.34. The molecule has 6 heteroatoms. The van der Waals surface area contributed by atoms with Crippen molar-refractivity contribution in [3.8, 4) is 0 Å². The molecule has 6 nitrogen and oxygen atoms in total. The molecular weight excluding hydrogens is 350 g/mol. The molecule has 2 aromatic rings. The third-order valence-corrected chi connectivity index (χ3v) is 4.01. The van der Waals surface area contributed by atoms with E-state index in [-0.39, 0.29) is 0 Å². The first-order valence-electron chi connectivity index (χ1n) is 10.0. The van der Waals surface area contributed by atoms with Gasteiger partial charge in [0.25, 0.3) is 0 Å². The maximum atomic E-state index is 5.46. The van der Waals surface area contributed by atoms with Gasteiger partial charge in [-0.3, -0.25) is 4.98 Å². The van der Waals surface area contributed by atoms with E-state index in [1.165, 1.54) is 0 Å². The molecule has 0 atom stereocenters. The van der Waals surface area contributed by atoms with Crippen LogP contribution in [0.1, 0.15) is 39.8 Å². The minimum atomic E-state index is 0.700. The number of nitrogens with one attached hydrogen (secondary N) is 1. The number of rotatable bonds is 6. The molecule has 2 aromatic heterocycles. The second kappa shape index (κ2) is 11.9. The van der Waals surface area contributed by atoms with Gasteiger partial charge in [0.1, 0.15) is 5.82 Å². The van der Waals surface area contributed by atoms with E-state index in [9.17, 15) is 0 Å². The van der Waals surface area contributed by atoms with Crippen LogP contribution < -0.4 is 10.2 Å². The fourth-order valence-corrected chi connectivity index (χ4v) is 2.79. The van der Waals surface area contributed by atoms with Crippen LogP contribution in [-0.2, 0) is 4.74 Å². The van der Waals surface area contributed by atoms with Gasteiger partial charge in [-0.15, -0.1) is 0 Å². The number of nitrogens with zero attached hydrogens (tertiary/aromatic N) is 4. The molecule has 1 saturated heterocycles. The number of hydrogen-bond donors (Lipinski definition) is 1. The maximum Gasteiger partial charge on any atom is 0.228 e. The standard InChI is InChI=1S/C20H25N5O.C2H6/c1-3-6-16(7-4-2)18-14-19(22-17-8-5-9-21-15-17)24-20(23-18)25-10-12-26-13-11-25;1-2/h3,5-9,14-15H,4,10-13H2,1-2H3,(H,22,23,24);1-2H3/b6-3-,16-7+;. The third-order valence-electron chi connectivity index (χ3n) is 4.01. The van der Waals surface area contributed by atoms with Gasteiger partial charge in [-0.1, -0.05) is 39.0 Å². The number of anilines is 3. The highest BCUT2D eigenvalue weighted by atomic mass is 16.5. The Labute approximate surface area is 168 Å². The van der Waals surface area contributed by atoms with Gasteiger partial charge in [0.05, 0.1) is 30.8 Å². The molecule has 1 N–H and O–H groups in total. The molecule has 0 aliphatic carbocycles. The van der Waals surface area contributed by atoms with E-state index in [0.29, 0.717) is 13.2 Å². The smallest absolute Gasteiger partial charge is 0.228 e. The molecule has 28 heavy (non-hydrogen) atoms. The molecule has 0 spiro atoms. The van der Waals surface area contributed by atoms with Crippen LogP contribution in [0.4, 0.5) is 17.5 Å². The maximum absolute atomic E-state index is 5.46. The van der Waals surface area contributed by atoms with Crippen molar-refractivity contribution in [1.29, 1.82) is 0 Å². The predicted octanol–water partition coefficient (Wildman–Crippen LogP) is 4.85. The van der Waals surface area contributed by atoms with Crippen LogP contribution >= 0.6 is 0 Å². The van der Waals surface area contributed by atoms with Crippen LogP contribution in [0.5, 0.6) is 0 Å². The number of allylic oxidation sites excluding steroid dienone is 4. The zero-order chi connectivity index (χ0) is 20.2. The van der Waals surface area contributed by atoms with E-state index in [4.69, 9.17) is 14.7 Å². The van der Waals surface area contributed by atoms with Gasteiger partial charge in [-0.2, -0.15) is 4.98 Å². The summed E-state index contributed by atoms with van der Waals surface area (Å²) >= 11 is 0. The van der Waals surface area contributed by atoms with Crippen LogP contribution in [0, 0.1) is 0 Å². The van der Waals surface area contributed by atoms with Crippen molar-refractivity contribution >= 4 is 23.0 Å². The summed E-state index contributed by atoms with van der Waals surface area (Å²) in [6.45, 7) is 11.1. The second-order valence-corrected chi connectivity index (χ2v) is 5.97. The molecule has 0 bridgehead atoms. The van der Waals surface area contributed by atoms with Crippen molar-refractivity contribution in [1.82, 2.24) is 15.0 Å². The van der Waals surface area contributed by atoms with E-state index < -0.39 is 0 Å². The summed E-state index contributed by atoms with van der Waals surface area (Å²) in [7, 11) is 0. The lowest BCUT2D eigenvalue weighted by Gasteiger charge is -2.27. The monoisotopic (exact) mass is 381 g/mol. The molecule has 0 unspecified atom stereocenters. The molecule has 0 amide bonds. The minimum Gasteiger partial charge on any atom is -0.378 e. The molecule has 0 aromatic carbocycles. The van der Waals surface area contributed by atoms with Gasteiger partial charge in [-0.25, -0.2) is 4.98 Å². The third kappa shape index (κ3) is 6.16. The average Bonchev–Trinajstić information content (AvgIpc) is 2.76. The fraction of sp³-hybridized carbons (Fsp3) is 0.409. The molecule has 3 heterocycles. The van der Waals surface area contributed by atoms with Crippen molar-refractivity contribution in [2.75, 3.05) is 36.5 Å². The summed E-state index contributed by atoms with van der Waals surface area (Å²) in [6.07, 6.45) is 10.8. The normalized spacial score (nSPS) is 14.6. The van der Waals surface area contributed by atoms with Gasteiger partial charge >= 0.3 is 0 Å². The van der Waals surface area contributed by atoms with E-state index in [0.717, 1.165) is 48.2 Å². The Kier molecular flexibility index (Phi) is 9.15. The summed E-state index contributed by atoms with van der Waals surface area (Å²) in [4.78, 5) is 15.9. The molecule has 150 valence electrons. The topological polar surface area (TPSA) is 63.2 Å². The molecule has 1 aliphatic heterocycles. The summed E-state index contributed by atoms with van der Waals surface area (Å²) < 4.78 is 5.46. The van der Waals surface area contributed by atoms with E-state index in [1.807, 2.05) is 45.0 Å². The molecule has 1 aliphatic rings. The lowest BCUT2D eigenvalue weighted by Crippen LogP contribution is -2.37. The number of hydrogen-bond acceptors (Lipinski definition) is 6. The SMILES string of the molecule is C/C=C\C(=C/CC)c1cc(Nc2cccnc2)nc(N2CCOCC2)n1.CC. The number of pyridine rings is 1. The van der Waals surface area contributed by atoms with Gasteiger partial charge in [-0.05, 0) is 31.1 Å². The number of ether oxygens (including phenoxy) is 1. The first-order chi connectivity index (χ1) is 13.8. The number of aromatic nitrogens is 3. The van der Waals surface area contributed by atoms with Crippen LogP contribution in [0.25, 0.3) is 5.57 Å². The largest absolute Gasteiger partial charge is 0.378 e. The van der Waals surface area contributed by atoms with Crippen molar-refractivity contribution in [2.24, 2.45) is 0 Å². The lowest BCUT2D eigenvalue weighted by atomic mass is 10.1. The summed E-state index contributed by atoms with van der Waals surface area (Å²) in [5.41, 5.74) is 2.91. The van der Waals surface area contributed by atoms with Crippen LogP contribution in [-0.4, -0.2) is 41.3 Å². The predicted molar refractivity (Wildman–Crippen MR) is 117 cm³/mol. The second-order valence-electron chi connectivity index (χ2n) is 5.97. The van der Waals surface area contributed by atoms with E-state index in [1.54, 1.807) is 12.4 Å². The van der Waals surface area contributed by atoms with Crippen molar-refractivity contribution < 1.29 is 4.74 Å². The quantitative estimate of drug-likeness (QED) is 0.722. The summed E-state index contributed by atoms with van der Waals surface area (Å²) in [6, 6.07) is 5.85. The molecule has 3 rings (SSSR count). The van der Waals surface area contributed by atoms with Crippen molar-refractivity contribution in [3.63, 3.8) is 0 Å². The molecule has 0 saturated carbocycles. The number of morpholine rings is 1. The van der Waals surface area contributed by atoms with Crippen LogP contribution in [0.2, 0.25) is 0 Å².